The Bertz CT molecular complexity index is 1820. The van der Waals surface area contributed by atoms with Gasteiger partial charge in [-0.3, -0.25) is 14.2 Å². The number of thiophene rings is 1. The maximum atomic E-state index is 14.6. The van der Waals surface area contributed by atoms with Crippen molar-refractivity contribution in [1.29, 1.82) is 0 Å². The van der Waals surface area contributed by atoms with Crippen LogP contribution in [0.4, 0.5) is 0 Å². The highest BCUT2D eigenvalue weighted by Gasteiger charge is 2.38. The van der Waals surface area contributed by atoms with Gasteiger partial charge in [0.25, 0.3) is 5.56 Å². The quantitative estimate of drug-likeness (QED) is 0.216. The molecule has 2 aliphatic rings. The number of ketones is 1. The van der Waals surface area contributed by atoms with E-state index in [4.69, 9.17) is 25.8 Å². The Morgan fingerprint density at radius 3 is 2.51 bits per heavy atom. The molecule has 1 aliphatic heterocycles. The summed E-state index contributed by atoms with van der Waals surface area (Å²) in [6.07, 6.45) is 7.09. The Hall–Kier alpha value is -3.32. The number of hydrogen-bond donors (Lipinski definition) is 0. The molecule has 45 heavy (non-hydrogen) atoms. The zero-order valence-corrected chi connectivity index (χ0v) is 27.5. The molecular weight excluding hydrogens is 618 g/mol. The zero-order chi connectivity index (χ0) is 31.9. The fraction of sp³-hybridized carbons (Fsp3) is 0.531. The van der Waals surface area contributed by atoms with Gasteiger partial charge in [0.05, 0.1) is 37.5 Å². The lowest BCUT2D eigenvalue weighted by atomic mass is 9.79. The van der Waals surface area contributed by atoms with Gasteiger partial charge in [-0.15, -0.1) is 4.80 Å². The van der Waals surface area contributed by atoms with Crippen LogP contribution in [0, 0.1) is 12.8 Å². The summed E-state index contributed by atoms with van der Waals surface area (Å²) in [5.74, 6) is 0.714. The second kappa shape index (κ2) is 12.8. The van der Waals surface area contributed by atoms with E-state index in [0.29, 0.717) is 69.6 Å². The van der Waals surface area contributed by atoms with E-state index < -0.39 is 22.9 Å². The molecule has 1 saturated carbocycles. The van der Waals surface area contributed by atoms with E-state index in [1.54, 1.807) is 56.1 Å². The normalized spacial score (nSPS) is 17.0. The number of Topliss-reactive ketones (excluding diaryl/α,β-unsaturated/α-hetero) is 1. The minimum Gasteiger partial charge on any atom is -0.496 e. The van der Waals surface area contributed by atoms with Gasteiger partial charge in [-0.1, -0.05) is 42.2 Å². The molecule has 1 aliphatic carbocycles. The van der Waals surface area contributed by atoms with Gasteiger partial charge in [0, 0.05) is 35.8 Å². The monoisotopic (exact) mass is 655 g/mol. The van der Waals surface area contributed by atoms with Gasteiger partial charge >= 0.3 is 5.69 Å². The number of halogens is 1. The van der Waals surface area contributed by atoms with Gasteiger partial charge < -0.3 is 14.2 Å². The number of fused-ring (bicyclic) bond motifs is 1. The maximum Gasteiger partial charge on any atom is 0.333 e. The minimum absolute atomic E-state index is 0.0441. The predicted molar refractivity (Wildman–Crippen MR) is 172 cm³/mol. The van der Waals surface area contributed by atoms with Crippen molar-refractivity contribution in [2.75, 3.05) is 20.3 Å². The number of rotatable bonds is 11. The molecule has 0 spiro atoms. The molecule has 1 saturated heterocycles. The third-order valence-electron chi connectivity index (χ3n) is 9.14. The van der Waals surface area contributed by atoms with Gasteiger partial charge in [0.15, 0.2) is 5.78 Å². The lowest BCUT2D eigenvalue weighted by Crippen LogP contribution is -2.53. The molecule has 0 N–H and O–H groups in total. The molecule has 1 aromatic carbocycles. The molecule has 0 unspecified atom stereocenters. The summed E-state index contributed by atoms with van der Waals surface area (Å²) in [4.78, 5) is 44.6. The summed E-state index contributed by atoms with van der Waals surface area (Å²) in [7, 11) is 1.57. The number of carbonyl (C=O) groups is 1. The standard InChI is InChI=1S/C32H38ClN5O6S/c1-19-27-28(40)37(32(2,3)26(39)16-20-6-5-7-20)31(41)36(30(27)45-29(19)38-34-12-13-35-38)18-25(44-22-10-14-43-15-11-22)23-17-21(33)8-9-24(23)42-4/h8-9,12-13,17,20,22,25H,5-7,10-11,14-16,18H2,1-4H3/t25-/m0/s1. The highest BCUT2D eigenvalue weighted by Crippen LogP contribution is 2.37. The van der Waals surface area contributed by atoms with Crippen LogP contribution in [0.15, 0.2) is 40.2 Å². The average molecular weight is 656 g/mol. The number of aryl methyl sites for hydroxylation is 1. The van der Waals surface area contributed by atoms with E-state index in [2.05, 4.69) is 10.2 Å². The van der Waals surface area contributed by atoms with Gasteiger partial charge in [-0.2, -0.15) is 10.2 Å². The molecule has 11 nitrogen and oxygen atoms in total. The number of benzene rings is 1. The number of methoxy groups -OCH3 is 1. The summed E-state index contributed by atoms with van der Waals surface area (Å²) in [6, 6.07) is 5.30. The summed E-state index contributed by atoms with van der Waals surface area (Å²) in [5, 5.41) is 10.0. The molecule has 1 atom stereocenters. The topological polar surface area (TPSA) is 119 Å². The van der Waals surface area contributed by atoms with Gasteiger partial charge in [-0.25, -0.2) is 9.36 Å². The molecule has 6 rings (SSSR count). The van der Waals surface area contributed by atoms with Crippen LogP contribution in [0.25, 0.3) is 15.2 Å². The molecule has 0 radical (unpaired) electrons. The van der Waals surface area contributed by atoms with Gasteiger partial charge in [0.1, 0.15) is 27.2 Å². The molecule has 3 aromatic heterocycles. The van der Waals surface area contributed by atoms with Crippen molar-refractivity contribution >= 4 is 38.9 Å². The molecule has 0 bridgehead atoms. The SMILES string of the molecule is COc1ccc(Cl)cc1[C@H](Cn1c(=O)n(C(C)(C)C(=O)CC2CCC2)c(=O)c2c(C)c(-n3nccn3)sc21)OC1CCOCC1. The van der Waals surface area contributed by atoms with Crippen LogP contribution >= 0.6 is 22.9 Å². The van der Waals surface area contributed by atoms with Crippen molar-refractivity contribution in [2.45, 2.75) is 83.6 Å². The highest BCUT2D eigenvalue weighted by molar-refractivity contribution is 7.21. The fourth-order valence-corrected chi connectivity index (χ4v) is 7.62. The van der Waals surface area contributed by atoms with Gasteiger partial charge in [0.2, 0.25) is 0 Å². The van der Waals surface area contributed by atoms with Crippen molar-refractivity contribution in [3.05, 3.63) is 67.6 Å². The second-order valence-electron chi connectivity index (χ2n) is 12.4. The van der Waals surface area contributed by atoms with E-state index >= 15 is 0 Å². The summed E-state index contributed by atoms with van der Waals surface area (Å²) >= 11 is 7.73. The number of nitrogens with zero attached hydrogens (tertiary/aromatic N) is 5. The molecular formula is C32H38ClN5O6S. The van der Waals surface area contributed by atoms with Crippen molar-refractivity contribution in [3.8, 4) is 10.8 Å². The summed E-state index contributed by atoms with van der Waals surface area (Å²) in [6.45, 7) is 6.34. The average Bonchev–Trinajstić information content (AvgIpc) is 3.65. The summed E-state index contributed by atoms with van der Waals surface area (Å²) < 4.78 is 20.7. The second-order valence-corrected chi connectivity index (χ2v) is 13.8. The molecule has 0 amide bonds. The Morgan fingerprint density at radius 2 is 1.87 bits per heavy atom. The number of carbonyl (C=O) groups excluding carboxylic acids is 1. The fourth-order valence-electron chi connectivity index (χ4n) is 6.22. The van der Waals surface area contributed by atoms with Gasteiger partial charge in [-0.05, 0) is 57.7 Å². The third kappa shape index (κ3) is 6.00. The lowest BCUT2D eigenvalue weighted by molar-refractivity contribution is -0.128. The lowest BCUT2D eigenvalue weighted by Gasteiger charge is -2.32. The first-order valence-electron chi connectivity index (χ1n) is 15.4. The molecule has 4 aromatic rings. The molecule has 2 fully saturated rings. The third-order valence-corrected chi connectivity index (χ3v) is 10.7. The molecule has 240 valence electrons. The first-order valence-corrected chi connectivity index (χ1v) is 16.6. The Morgan fingerprint density at radius 1 is 1.16 bits per heavy atom. The van der Waals surface area contributed by atoms with E-state index in [1.807, 2.05) is 6.92 Å². The number of ether oxygens (including phenoxy) is 3. The first-order chi connectivity index (χ1) is 21.6. The smallest absolute Gasteiger partial charge is 0.333 e. The van der Waals surface area contributed by atoms with Crippen molar-refractivity contribution in [1.82, 2.24) is 24.1 Å². The van der Waals surface area contributed by atoms with Crippen molar-refractivity contribution < 1.29 is 19.0 Å². The van der Waals surface area contributed by atoms with E-state index in [1.165, 1.54) is 16.1 Å². The largest absolute Gasteiger partial charge is 0.496 e. The molecule has 13 heteroatoms. The van der Waals surface area contributed by atoms with Crippen LogP contribution < -0.4 is 16.0 Å². The Kier molecular flexibility index (Phi) is 9.02. The zero-order valence-electron chi connectivity index (χ0n) is 26.0. The van der Waals surface area contributed by atoms with E-state index in [9.17, 15) is 14.4 Å². The molecule has 4 heterocycles. The van der Waals surface area contributed by atoms with Crippen molar-refractivity contribution in [3.63, 3.8) is 0 Å². The minimum atomic E-state index is -1.37. The predicted octanol–water partition coefficient (Wildman–Crippen LogP) is 5.21. The van der Waals surface area contributed by atoms with Crippen LogP contribution in [0.5, 0.6) is 5.75 Å². The van der Waals surface area contributed by atoms with E-state index in [-0.39, 0.29) is 24.3 Å². The van der Waals surface area contributed by atoms with Crippen molar-refractivity contribution in [2.24, 2.45) is 5.92 Å². The van der Waals surface area contributed by atoms with Crippen LogP contribution in [0.3, 0.4) is 0 Å². The maximum absolute atomic E-state index is 14.6. The van der Waals surface area contributed by atoms with Crippen LogP contribution in [0.1, 0.15) is 69.6 Å². The van der Waals surface area contributed by atoms with Crippen LogP contribution in [-0.2, 0) is 26.4 Å². The van der Waals surface area contributed by atoms with Crippen LogP contribution in [0.2, 0.25) is 5.02 Å². The number of aromatic nitrogens is 5. The first kappa shape index (κ1) is 31.7. The Balaban J connectivity index is 1.55. The van der Waals surface area contributed by atoms with E-state index in [0.717, 1.165) is 23.8 Å². The van der Waals surface area contributed by atoms with Crippen LogP contribution in [-0.4, -0.2) is 56.3 Å². The number of hydrogen-bond acceptors (Lipinski definition) is 9. The highest BCUT2D eigenvalue weighted by atomic mass is 35.5. The summed E-state index contributed by atoms with van der Waals surface area (Å²) in [5.41, 5.74) is -1.15. The Labute approximate surface area is 269 Å².